The molecule has 25 heavy (non-hydrogen) atoms. The number of anilines is 1. The first-order valence-corrected chi connectivity index (χ1v) is 9.39. The summed E-state index contributed by atoms with van der Waals surface area (Å²) in [5, 5.41) is 0. The van der Waals surface area contributed by atoms with Crippen molar-refractivity contribution >= 4 is 12.0 Å². The molecular weight excluding hydrogens is 308 g/mol. The van der Waals surface area contributed by atoms with E-state index in [1.54, 1.807) is 0 Å². The fourth-order valence-electron chi connectivity index (χ4n) is 2.80. The Morgan fingerprint density at radius 1 is 1.20 bits per heavy atom. The average molecular weight is 343 g/mol. The minimum Gasteiger partial charge on any atom is -0.370 e. The van der Waals surface area contributed by atoms with E-state index in [2.05, 4.69) is 55.5 Å². The lowest BCUT2D eigenvalue weighted by Gasteiger charge is -2.29. The van der Waals surface area contributed by atoms with Crippen LogP contribution in [-0.2, 0) is 6.42 Å². The molecule has 0 heterocycles. The number of benzene rings is 1. The van der Waals surface area contributed by atoms with Gasteiger partial charge in [-0.15, -0.1) is 6.58 Å². The number of hydrogen-bond acceptors (Lipinski definition) is 3. The number of likely N-dealkylation sites (N-methyl/N-ethyl adjacent to an activating group) is 1. The topological polar surface area (TPSA) is 23.6 Å². The molecule has 0 spiro atoms. The lowest BCUT2D eigenvalue weighted by Crippen LogP contribution is -2.34. The number of allylic oxidation sites excluding steroid dienone is 1. The number of aryl methyl sites for hydroxylation is 1. The number of rotatable bonds is 13. The molecule has 1 rings (SSSR count). The minimum absolute atomic E-state index is 0.751. The molecule has 0 amide bonds. The highest BCUT2D eigenvalue weighted by molar-refractivity contribution is 5.78. The molecule has 0 N–H and O–H groups in total. The summed E-state index contributed by atoms with van der Waals surface area (Å²) in [5.74, 6) is 0. The van der Waals surface area contributed by atoms with E-state index in [0.717, 1.165) is 50.9 Å². The number of hydrogen-bond donors (Lipinski definition) is 0. The van der Waals surface area contributed by atoms with Crippen molar-refractivity contribution in [2.24, 2.45) is 0 Å². The zero-order valence-corrected chi connectivity index (χ0v) is 16.2. The zero-order chi connectivity index (χ0) is 18.5. The summed E-state index contributed by atoms with van der Waals surface area (Å²) >= 11 is 0. The summed E-state index contributed by atoms with van der Waals surface area (Å²) in [6.45, 7) is 12.0. The Labute approximate surface area is 154 Å². The van der Waals surface area contributed by atoms with Crippen molar-refractivity contribution < 1.29 is 4.79 Å². The lowest BCUT2D eigenvalue weighted by molar-refractivity contribution is 0.112. The maximum Gasteiger partial charge on any atom is 0.150 e. The van der Waals surface area contributed by atoms with Gasteiger partial charge in [0, 0.05) is 37.4 Å². The van der Waals surface area contributed by atoms with Crippen LogP contribution in [0.15, 0.2) is 43.0 Å². The van der Waals surface area contributed by atoms with Gasteiger partial charge in [-0.2, -0.15) is 0 Å². The van der Waals surface area contributed by atoms with Crippen LogP contribution >= 0.6 is 0 Å². The van der Waals surface area contributed by atoms with E-state index in [0.29, 0.717) is 0 Å². The first kappa shape index (κ1) is 21.2. The Hall–Kier alpha value is -1.87. The van der Waals surface area contributed by atoms with Crippen molar-refractivity contribution in [3.63, 3.8) is 0 Å². The van der Waals surface area contributed by atoms with E-state index in [-0.39, 0.29) is 0 Å². The highest BCUT2D eigenvalue weighted by atomic mass is 16.1. The van der Waals surface area contributed by atoms with E-state index < -0.39 is 0 Å². The van der Waals surface area contributed by atoms with Crippen LogP contribution in [0.1, 0.15) is 49.0 Å². The third-order valence-electron chi connectivity index (χ3n) is 4.39. The smallest absolute Gasteiger partial charge is 0.150 e. The highest BCUT2D eigenvalue weighted by Gasteiger charge is 2.12. The van der Waals surface area contributed by atoms with Crippen LogP contribution < -0.4 is 4.90 Å². The molecule has 3 heteroatoms. The molecule has 0 saturated carbocycles. The first-order chi connectivity index (χ1) is 12.2. The van der Waals surface area contributed by atoms with Gasteiger partial charge in [0.15, 0.2) is 0 Å². The highest BCUT2D eigenvalue weighted by Crippen LogP contribution is 2.24. The molecule has 0 radical (unpaired) electrons. The molecule has 0 unspecified atom stereocenters. The van der Waals surface area contributed by atoms with Gasteiger partial charge in [0.1, 0.15) is 6.29 Å². The molecule has 0 aliphatic heterocycles. The Morgan fingerprint density at radius 2 is 2.00 bits per heavy atom. The van der Waals surface area contributed by atoms with Gasteiger partial charge in [0.2, 0.25) is 0 Å². The Bertz CT molecular complexity index is 551. The fraction of sp³-hybridized carbons (Fsp3) is 0.500. The molecule has 0 aliphatic rings. The summed E-state index contributed by atoms with van der Waals surface area (Å²) in [6, 6.07) is 6.11. The second-order valence-corrected chi connectivity index (χ2v) is 6.51. The van der Waals surface area contributed by atoms with Crippen LogP contribution in [0, 0.1) is 0 Å². The quantitative estimate of drug-likeness (QED) is 0.382. The number of nitrogens with zero attached hydrogens (tertiary/aromatic N) is 2. The van der Waals surface area contributed by atoms with Crippen molar-refractivity contribution in [3.05, 3.63) is 54.1 Å². The molecule has 1 aromatic carbocycles. The van der Waals surface area contributed by atoms with Crippen molar-refractivity contribution in [2.75, 3.05) is 38.1 Å². The average Bonchev–Trinajstić information content (AvgIpc) is 2.64. The van der Waals surface area contributed by atoms with E-state index >= 15 is 0 Å². The maximum atomic E-state index is 11.3. The van der Waals surface area contributed by atoms with Crippen LogP contribution in [0.5, 0.6) is 0 Å². The lowest BCUT2D eigenvalue weighted by atomic mass is 10.0. The normalized spacial score (nSPS) is 11.2. The van der Waals surface area contributed by atoms with Crippen LogP contribution in [0.25, 0.3) is 0 Å². The summed E-state index contributed by atoms with van der Waals surface area (Å²) in [7, 11) is 2.14. The summed E-state index contributed by atoms with van der Waals surface area (Å²) in [6.07, 6.45) is 11.5. The van der Waals surface area contributed by atoms with Crippen LogP contribution in [0.3, 0.4) is 0 Å². The number of aldehydes is 1. The van der Waals surface area contributed by atoms with Gasteiger partial charge in [0.05, 0.1) is 0 Å². The molecule has 0 saturated heterocycles. The number of carbonyl (C=O) groups is 1. The number of unbranched alkanes of at least 4 members (excludes halogenated alkanes) is 1. The molecule has 138 valence electrons. The van der Waals surface area contributed by atoms with Crippen LogP contribution in [0.4, 0.5) is 5.69 Å². The Balaban J connectivity index is 2.97. The Morgan fingerprint density at radius 3 is 2.64 bits per heavy atom. The summed E-state index contributed by atoms with van der Waals surface area (Å²) < 4.78 is 0. The third kappa shape index (κ3) is 7.70. The van der Waals surface area contributed by atoms with Gasteiger partial charge >= 0.3 is 0 Å². The second-order valence-electron chi connectivity index (χ2n) is 6.51. The summed E-state index contributed by atoms with van der Waals surface area (Å²) in [5.41, 5.74) is 3.30. The minimum atomic E-state index is 0.751. The molecule has 0 aromatic heterocycles. The van der Waals surface area contributed by atoms with Gasteiger partial charge in [0.25, 0.3) is 0 Å². The molecule has 0 atom stereocenters. The van der Waals surface area contributed by atoms with Gasteiger partial charge in [-0.05, 0) is 44.9 Å². The predicted octanol–water partition coefficient (Wildman–Crippen LogP) is 4.73. The van der Waals surface area contributed by atoms with Crippen LogP contribution in [0.2, 0.25) is 0 Å². The second kappa shape index (κ2) is 12.5. The molecular formula is C22H34N2O. The van der Waals surface area contributed by atoms with Crippen molar-refractivity contribution in [3.8, 4) is 0 Å². The fourth-order valence-corrected chi connectivity index (χ4v) is 2.80. The van der Waals surface area contributed by atoms with E-state index in [4.69, 9.17) is 0 Å². The van der Waals surface area contributed by atoms with Gasteiger partial charge in [-0.3, -0.25) is 4.79 Å². The largest absolute Gasteiger partial charge is 0.370 e. The Kier molecular flexibility index (Phi) is 10.6. The van der Waals surface area contributed by atoms with Gasteiger partial charge < -0.3 is 9.80 Å². The van der Waals surface area contributed by atoms with Crippen LogP contribution in [-0.4, -0.2) is 44.4 Å². The molecule has 3 nitrogen and oxygen atoms in total. The molecule has 0 fully saturated rings. The first-order valence-electron chi connectivity index (χ1n) is 9.39. The third-order valence-corrected chi connectivity index (χ3v) is 4.39. The maximum absolute atomic E-state index is 11.3. The standard InChI is InChI=1S/C22H34N2O/c1-5-8-11-21-13-12-20(19-25)18-22(21)24(15-10-7-3)17-16-23(4)14-9-6-2/h6-7,9,12-13,18-19H,3,5,8,10-11,14-17H2,1-2,4H3/b9-6-. The van der Waals surface area contributed by atoms with E-state index in [1.807, 2.05) is 18.2 Å². The molecule has 1 aromatic rings. The van der Waals surface area contributed by atoms with Crippen molar-refractivity contribution in [1.82, 2.24) is 4.90 Å². The van der Waals surface area contributed by atoms with Gasteiger partial charge in [-0.25, -0.2) is 0 Å². The van der Waals surface area contributed by atoms with Gasteiger partial charge in [-0.1, -0.05) is 43.7 Å². The monoisotopic (exact) mass is 342 g/mol. The molecule has 0 aliphatic carbocycles. The molecule has 0 bridgehead atoms. The van der Waals surface area contributed by atoms with E-state index in [1.165, 1.54) is 24.1 Å². The van der Waals surface area contributed by atoms with Crippen molar-refractivity contribution in [2.45, 2.75) is 39.5 Å². The summed E-state index contributed by atoms with van der Waals surface area (Å²) in [4.78, 5) is 16.0. The van der Waals surface area contributed by atoms with E-state index in [9.17, 15) is 4.79 Å². The number of carbonyl (C=O) groups excluding carboxylic acids is 1. The zero-order valence-electron chi connectivity index (χ0n) is 16.2. The van der Waals surface area contributed by atoms with Crippen molar-refractivity contribution in [1.29, 1.82) is 0 Å². The predicted molar refractivity (Wildman–Crippen MR) is 110 cm³/mol. The SMILES string of the molecule is C=CCCN(CCN(C)C/C=C\C)c1cc(C=O)ccc1CCCC.